The van der Waals surface area contributed by atoms with E-state index < -0.39 is 5.97 Å². The Morgan fingerprint density at radius 1 is 1.56 bits per heavy atom. The van der Waals surface area contributed by atoms with E-state index in [2.05, 4.69) is 17.2 Å². The molecule has 1 aromatic heterocycles. The van der Waals surface area contributed by atoms with Gasteiger partial charge in [0.15, 0.2) is 5.69 Å². The van der Waals surface area contributed by atoms with Gasteiger partial charge < -0.3 is 10.4 Å². The molecule has 0 spiro atoms. The number of nitrogens with zero attached hydrogens (tertiary/aromatic N) is 1. The summed E-state index contributed by atoms with van der Waals surface area (Å²) in [6, 6.07) is 3.95. The minimum atomic E-state index is -0.971. The Kier molecular flexibility index (Phi) is 4.18. The Bertz CT molecular complexity index is 420. The molecule has 2 atom stereocenters. The summed E-state index contributed by atoms with van der Waals surface area (Å²) >= 11 is 0. The van der Waals surface area contributed by atoms with Crippen molar-refractivity contribution in [1.29, 1.82) is 0 Å². The Balaban J connectivity index is 2.07. The summed E-state index contributed by atoms with van der Waals surface area (Å²) < 4.78 is 0. The van der Waals surface area contributed by atoms with E-state index in [0.717, 1.165) is 18.8 Å². The first-order valence-electron chi connectivity index (χ1n) is 6.65. The second kappa shape index (κ2) is 5.85. The fraction of sp³-hybridized carbons (Fsp3) is 0.571. The van der Waals surface area contributed by atoms with Crippen LogP contribution in [0.1, 0.15) is 49.5 Å². The van der Waals surface area contributed by atoms with Gasteiger partial charge in [0.05, 0.1) is 5.69 Å². The molecular formula is C14H20N2O2. The number of hydrogen-bond acceptors (Lipinski definition) is 3. The zero-order valence-corrected chi connectivity index (χ0v) is 10.7. The van der Waals surface area contributed by atoms with Gasteiger partial charge in [-0.15, -0.1) is 0 Å². The van der Waals surface area contributed by atoms with Crippen molar-refractivity contribution < 1.29 is 9.90 Å². The molecule has 1 aromatic rings. The van der Waals surface area contributed by atoms with Crippen molar-refractivity contribution in [2.75, 3.05) is 5.32 Å². The topological polar surface area (TPSA) is 62.2 Å². The fourth-order valence-electron chi connectivity index (χ4n) is 2.70. The summed E-state index contributed by atoms with van der Waals surface area (Å²) in [6.07, 6.45) is 7.49. The highest BCUT2D eigenvalue weighted by atomic mass is 16.4. The van der Waals surface area contributed by atoms with E-state index in [1.165, 1.54) is 25.5 Å². The van der Waals surface area contributed by atoms with Gasteiger partial charge in [-0.3, -0.25) is 0 Å². The largest absolute Gasteiger partial charge is 0.476 e. The number of carbonyl (C=O) groups is 1. The van der Waals surface area contributed by atoms with Gasteiger partial charge in [-0.05, 0) is 30.9 Å². The number of pyridine rings is 1. The number of carboxylic acids is 1. The zero-order chi connectivity index (χ0) is 13.0. The summed E-state index contributed by atoms with van der Waals surface area (Å²) in [5.74, 6) is -0.206. The van der Waals surface area contributed by atoms with Crippen LogP contribution in [0, 0.1) is 5.92 Å². The van der Waals surface area contributed by atoms with Crippen LogP contribution in [-0.4, -0.2) is 22.1 Å². The Labute approximate surface area is 107 Å². The van der Waals surface area contributed by atoms with E-state index in [0.29, 0.717) is 11.7 Å². The van der Waals surface area contributed by atoms with Crippen LogP contribution in [0.3, 0.4) is 0 Å². The Hall–Kier alpha value is -1.58. The number of anilines is 1. The fourth-order valence-corrected chi connectivity index (χ4v) is 2.70. The lowest BCUT2D eigenvalue weighted by Crippen LogP contribution is -2.28. The zero-order valence-electron chi connectivity index (χ0n) is 10.7. The van der Waals surface area contributed by atoms with Crippen LogP contribution < -0.4 is 5.32 Å². The number of aromatic nitrogens is 1. The molecule has 2 N–H and O–H groups in total. The lowest BCUT2D eigenvalue weighted by atomic mass is 9.84. The van der Waals surface area contributed by atoms with Crippen molar-refractivity contribution >= 4 is 11.7 Å². The molecule has 98 valence electrons. The van der Waals surface area contributed by atoms with Crippen LogP contribution in [0.4, 0.5) is 5.69 Å². The summed E-state index contributed by atoms with van der Waals surface area (Å²) in [5.41, 5.74) is 0.767. The summed E-state index contributed by atoms with van der Waals surface area (Å²) in [4.78, 5) is 15.0. The molecule has 1 aliphatic carbocycles. The second-order valence-corrected chi connectivity index (χ2v) is 4.99. The molecule has 1 saturated carbocycles. The van der Waals surface area contributed by atoms with E-state index in [1.807, 2.05) is 0 Å². The lowest BCUT2D eigenvalue weighted by molar-refractivity contribution is 0.0691. The molecule has 4 nitrogen and oxygen atoms in total. The molecule has 1 fully saturated rings. The first-order chi connectivity index (χ1) is 8.70. The van der Waals surface area contributed by atoms with E-state index in [4.69, 9.17) is 5.11 Å². The maximum Gasteiger partial charge on any atom is 0.356 e. The van der Waals surface area contributed by atoms with Gasteiger partial charge in [-0.2, -0.15) is 0 Å². The van der Waals surface area contributed by atoms with Crippen molar-refractivity contribution in [3.8, 4) is 0 Å². The highest BCUT2D eigenvalue weighted by Crippen LogP contribution is 2.29. The number of aromatic carboxylic acids is 1. The maximum absolute atomic E-state index is 11.1. The minimum Gasteiger partial charge on any atom is -0.476 e. The van der Waals surface area contributed by atoms with Gasteiger partial charge in [-0.25, -0.2) is 9.78 Å². The summed E-state index contributed by atoms with van der Waals surface area (Å²) in [5, 5.41) is 12.4. The third-order valence-electron chi connectivity index (χ3n) is 3.73. The smallest absolute Gasteiger partial charge is 0.356 e. The van der Waals surface area contributed by atoms with Crippen LogP contribution >= 0.6 is 0 Å². The van der Waals surface area contributed by atoms with Gasteiger partial charge in [-0.1, -0.05) is 26.2 Å². The summed E-state index contributed by atoms with van der Waals surface area (Å²) in [6.45, 7) is 2.22. The summed E-state index contributed by atoms with van der Waals surface area (Å²) in [7, 11) is 0. The van der Waals surface area contributed by atoms with Crippen molar-refractivity contribution in [3.05, 3.63) is 24.0 Å². The van der Waals surface area contributed by atoms with E-state index in [9.17, 15) is 4.79 Å². The highest BCUT2D eigenvalue weighted by Gasteiger charge is 2.22. The third kappa shape index (κ3) is 3.00. The molecule has 4 heteroatoms. The number of rotatable bonds is 4. The van der Waals surface area contributed by atoms with Gasteiger partial charge in [0.1, 0.15) is 0 Å². The van der Waals surface area contributed by atoms with Crippen LogP contribution in [0.25, 0.3) is 0 Å². The molecule has 0 amide bonds. The molecule has 0 aromatic carbocycles. The van der Waals surface area contributed by atoms with Crippen molar-refractivity contribution in [3.63, 3.8) is 0 Å². The van der Waals surface area contributed by atoms with Crippen LogP contribution in [0.2, 0.25) is 0 Å². The third-order valence-corrected chi connectivity index (χ3v) is 3.73. The average Bonchev–Trinajstić information content (AvgIpc) is 2.39. The Morgan fingerprint density at radius 3 is 3.11 bits per heavy atom. The van der Waals surface area contributed by atoms with E-state index in [1.54, 1.807) is 12.1 Å². The first kappa shape index (κ1) is 12.9. The monoisotopic (exact) mass is 248 g/mol. The molecule has 18 heavy (non-hydrogen) atoms. The lowest BCUT2D eigenvalue weighted by Gasteiger charge is -2.30. The van der Waals surface area contributed by atoms with Gasteiger partial charge in [0, 0.05) is 12.2 Å². The molecule has 2 rings (SSSR count). The molecular weight excluding hydrogens is 228 g/mol. The van der Waals surface area contributed by atoms with Crippen LogP contribution in [0.15, 0.2) is 18.3 Å². The van der Waals surface area contributed by atoms with Crippen molar-refractivity contribution in [2.45, 2.75) is 45.1 Å². The molecule has 0 bridgehead atoms. The molecule has 1 aliphatic rings. The molecule has 0 saturated heterocycles. The Morgan fingerprint density at radius 2 is 2.39 bits per heavy atom. The predicted octanol–water partition coefficient (Wildman–Crippen LogP) is 3.16. The number of hydrogen-bond donors (Lipinski definition) is 2. The number of nitrogens with one attached hydrogen (secondary N) is 1. The van der Waals surface area contributed by atoms with Gasteiger partial charge >= 0.3 is 5.97 Å². The standard InChI is InChI=1S/C14H20N2O2/c1-2-10-5-3-6-11(9-10)16-12-7-4-8-15-13(12)14(17)18/h4,7-8,10-11,16H,2-3,5-6,9H2,1H3,(H,17,18). The molecule has 2 unspecified atom stereocenters. The predicted molar refractivity (Wildman–Crippen MR) is 70.9 cm³/mol. The molecule has 1 heterocycles. The molecule has 0 radical (unpaired) electrons. The van der Waals surface area contributed by atoms with Crippen LogP contribution in [-0.2, 0) is 0 Å². The SMILES string of the molecule is CCC1CCCC(Nc2cccnc2C(=O)O)C1. The van der Waals surface area contributed by atoms with E-state index >= 15 is 0 Å². The van der Waals surface area contributed by atoms with E-state index in [-0.39, 0.29) is 5.69 Å². The van der Waals surface area contributed by atoms with Gasteiger partial charge in [0.2, 0.25) is 0 Å². The maximum atomic E-state index is 11.1. The van der Waals surface area contributed by atoms with Crippen molar-refractivity contribution in [2.24, 2.45) is 5.92 Å². The van der Waals surface area contributed by atoms with Crippen molar-refractivity contribution in [1.82, 2.24) is 4.98 Å². The quantitative estimate of drug-likeness (QED) is 0.859. The average molecular weight is 248 g/mol. The second-order valence-electron chi connectivity index (χ2n) is 4.99. The highest BCUT2D eigenvalue weighted by molar-refractivity contribution is 5.91. The van der Waals surface area contributed by atoms with Gasteiger partial charge in [0.25, 0.3) is 0 Å². The number of carboxylic acid groups (broad SMARTS) is 1. The first-order valence-corrected chi connectivity index (χ1v) is 6.65. The normalized spacial score (nSPS) is 23.6. The molecule has 0 aliphatic heterocycles. The van der Waals surface area contributed by atoms with Crippen LogP contribution in [0.5, 0.6) is 0 Å². The minimum absolute atomic E-state index is 0.121.